The molecule has 5 rings (SSSR count). The normalized spacial score (nSPS) is 16.9. The number of benzene rings is 2. The van der Waals surface area contributed by atoms with Crippen LogP contribution in [-0.4, -0.2) is 84.8 Å². The van der Waals surface area contributed by atoms with E-state index in [1.807, 2.05) is 0 Å². The average Bonchev–Trinajstić information content (AvgIpc) is 3.00. The minimum atomic E-state index is -4.18. The Morgan fingerprint density at radius 3 is 2.45 bits per heavy atom. The van der Waals surface area contributed by atoms with E-state index in [1.165, 1.54) is 53.1 Å². The number of ether oxygens (including phenoxy) is 2. The molecule has 2 aromatic heterocycles. The molecule has 262 valence electrons. The van der Waals surface area contributed by atoms with E-state index in [0.717, 1.165) is 24.5 Å². The van der Waals surface area contributed by atoms with Crippen molar-refractivity contribution in [3.8, 4) is 11.1 Å². The number of halogens is 3. The molecule has 0 aliphatic carbocycles. The first-order valence-corrected chi connectivity index (χ1v) is 17.2. The number of amides is 1. The Hall–Kier alpha value is -4.70. The van der Waals surface area contributed by atoms with Gasteiger partial charge in [-0.05, 0) is 56.7 Å². The molecule has 16 heteroatoms. The van der Waals surface area contributed by atoms with Crippen LogP contribution >= 0.6 is 0 Å². The molecule has 3 heterocycles. The zero-order valence-electron chi connectivity index (χ0n) is 27.6. The number of alkyl halides is 1. The molecule has 1 aliphatic heterocycles. The number of para-hydroxylation sites is 1. The number of hydrogen-bond acceptors (Lipinski definition) is 9. The van der Waals surface area contributed by atoms with Crippen molar-refractivity contribution in [1.29, 1.82) is 0 Å². The lowest BCUT2D eigenvalue weighted by molar-refractivity contribution is 0.0124. The SMILES string of the molecule is COCCn1c(=O)c(-c2ccc(N(c3ccccc3F)S(C)(=O)=O)c(F)c2)cc2cnc(N[C@H]3C[C@H](F)CN(C(=O)OC(C)(C)C)C3)nc21. The Balaban J connectivity index is 1.49. The van der Waals surface area contributed by atoms with Gasteiger partial charge < -0.3 is 19.7 Å². The largest absolute Gasteiger partial charge is 0.444 e. The number of rotatable bonds is 9. The lowest BCUT2D eigenvalue weighted by Gasteiger charge is -2.36. The summed E-state index contributed by atoms with van der Waals surface area (Å²) in [6.45, 7) is 5.39. The maximum atomic E-state index is 15.7. The van der Waals surface area contributed by atoms with Gasteiger partial charge in [0, 0.05) is 43.3 Å². The second-order valence-corrected chi connectivity index (χ2v) is 14.5. The first kappa shape index (κ1) is 35.6. The number of nitrogens with one attached hydrogen (secondary N) is 1. The van der Waals surface area contributed by atoms with Crippen molar-refractivity contribution in [2.24, 2.45) is 0 Å². The number of fused-ring (bicyclic) bond motifs is 1. The minimum Gasteiger partial charge on any atom is -0.444 e. The fourth-order valence-corrected chi connectivity index (χ4v) is 6.58. The molecule has 0 saturated carbocycles. The van der Waals surface area contributed by atoms with Crippen LogP contribution in [0.1, 0.15) is 27.2 Å². The molecule has 1 saturated heterocycles. The van der Waals surface area contributed by atoms with Crippen LogP contribution < -0.4 is 15.2 Å². The van der Waals surface area contributed by atoms with Gasteiger partial charge >= 0.3 is 6.09 Å². The summed E-state index contributed by atoms with van der Waals surface area (Å²) >= 11 is 0. The monoisotopic (exact) mass is 702 g/mol. The first-order valence-electron chi connectivity index (χ1n) is 15.4. The van der Waals surface area contributed by atoms with Crippen molar-refractivity contribution in [2.75, 3.05) is 42.7 Å². The maximum absolute atomic E-state index is 15.7. The third-order valence-electron chi connectivity index (χ3n) is 7.61. The average molecular weight is 703 g/mol. The van der Waals surface area contributed by atoms with Gasteiger partial charge in [0.1, 0.15) is 29.1 Å². The van der Waals surface area contributed by atoms with Gasteiger partial charge in [0.25, 0.3) is 5.56 Å². The van der Waals surface area contributed by atoms with Gasteiger partial charge in [-0.25, -0.2) is 35.7 Å². The van der Waals surface area contributed by atoms with Crippen LogP contribution in [-0.2, 0) is 26.0 Å². The van der Waals surface area contributed by atoms with Gasteiger partial charge in [-0.15, -0.1) is 0 Å². The van der Waals surface area contributed by atoms with Crippen molar-refractivity contribution in [3.63, 3.8) is 0 Å². The van der Waals surface area contributed by atoms with Crippen LogP contribution in [0, 0.1) is 11.6 Å². The van der Waals surface area contributed by atoms with Crippen LogP contribution in [0.25, 0.3) is 22.2 Å². The summed E-state index contributed by atoms with van der Waals surface area (Å²) in [5.74, 6) is -1.78. The zero-order valence-corrected chi connectivity index (χ0v) is 28.4. The lowest BCUT2D eigenvalue weighted by Crippen LogP contribution is -2.51. The number of carbonyl (C=O) groups is 1. The van der Waals surface area contributed by atoms with E-state index in [0.29, 0.717) is 9.69 Å². The predicted molar refractivity (Wildman–Crippen MR) is 179 cm³/mol. The summed E-state index contributed by atoms with van der Waals surface area (Å²) in [6.07, 6.45) is 0.416. The van der Waals surface area contributed by atoms with Crippen LogP contribution in [0.3, 0.4) is 0 Å². The van der Waals surface area contributed by atoms with Crippen LogP contribution in [0.15, 0.2) is 59.5 Å². The molecule has 12 nitrogen and oxygen atoms in total. The van der Waals surface area contributed by atoms with E-state index in [2.05, 4.69) is 15.3 Å². The number of hydrogen-bond donors (Lipinski definition) is 1. The molecular formula is C33H37F3N6O6S. The number of methoxy groups -OCH3 is 1. The van der Waals surface area contributed by atoms with Gasteiger partial charge in [0.2, 0.25) is 16.0 Å². The van der Waals surface area contributed by atoms with Crippen LogP contribution in [0.4, 0.5) is 35.3 Å². The number of anilines is 3. The first-order chi connectivity index (χ1) is 23.1. The van der Waals surface area contributed by atoms with Crippen LogP contribution in [0.5, 0.6) is 0 Å². The molecule has 0 unspecified atom stereocenters. The summed E-state index contributed by atoms with van der Waals surface area (Å²) in [5.41, 5.74) is -1.68. The third-order valence-corrected chi connectivity index (χ3v) is 8.67. The highest BCUT2D eigenvalue weighted by molar-refractivity contribution is 7.92. The van der Waals surface area contributed by atoms with E-state index in [4.69, 9.17) is 9.47 Å². The highest BCUT2D eigenvalue weighted by Crippen LogP contribution is 2.34. The highest BCUT2D eigenvalue weighted by Gasteiger charge is 2.33. The molecule has 1 N–H and O–H groups in total. The lowest BCUT2D eigenvalue weighted by atomic mass is 10.0. The highest BCUT2D eigenvalue weighted by atomic mass is 32.2. The summed E-state index contributed by atoms with van der Waals surface area (Å²) in [7, 11) is -2.71. The fourth-order valence-electron chi connectivity index (χ4n) is 5.57. The molecule has 1 amide bonds. The van der Waals surface area contributed by atoms with Gasteiger partial charge in [0.15, 0.2) is 0 Å². The van der Waals surface area contributed by atoms with Gasteiger partial charge in [-0.1, -0.05) is 18.2 Å². The van der Waals surface area contributed by atoms with E-state index < -0.39 is 56.8 Å². The van der Waals surface area contributed by atoms with Crippen molar-refractivity contribution >= 4 is 44.5 Å². The summed E-state index contributed by atoms with van der Waals surface area (Å²) in [5, 5.41) is 3.48. The van der Waals surface area contributed by atoms with E-state index >= 15 is 4.39 Å². The number of sulfonamides is 1. The van der Waals surface area contributed by atoms with Gasteiger partial charge in [-0.3, -0.25) is 9.36 Å². The number of likely N-dealkylation sites (tertiary alicyclic amines) is 1. The summed E-state index contributed by atoms with van der Waals surface area (Å²) in [6, 6.07) is 9.54. The van der Waals surface area contributed by atoms with E-state index in [9.17, 15) is 26.8 Å². The molecule has 0 bridgehead atoms. The Morgan fingerprint density at radius 2 is 1.80 bits per heavy atom. The quantitative estimate of drug-likeness (QED) is 0.248. The molecule has 1 aliphatic rings. The predicted octanol–water partition coefficient (Wildman–Crippen LogP) is 5.24. The van der Waals surface area contributed by atoms with Gasteiger partial charge in [-0.2, -0.15) is 4.98 Å². The minimum absolute atomic E-state index is 0.0637. The van der Waals surface area contributed by atoms with Crippen molar-refractivity contribution < 1.29 is 35.9 Å². The Morgan fingerprint density at radius 1 is 1.08 bits per heavy atom. The number of pyridine rings is 1. The molecular weight excluding hydrogens is 665 g/mol. The smallest absolute Gasteiger partial charge is 0.410 e. The number of piperidine rings is 1. The van der Waals surface area contributed by atoms with Crippen molar-refractivity contribution in [3.05, 3.63) is 76.7 Å². The maximum Gasteiger partial charge on any atom is 0.410 e. The van der Waals surface area contributed by atoms with Gasteiger partial charge in [0.05, 0.1) is 37.3 Å². The number of nitrogens with zero attached hydrogens (tertiary/aromatic N) is 5. The second-order valence-electron chi connectivity index (χ2n) is 12.7. The molecule has 0 radical (unpaired) electrons. The standard InChI is InChI=1S/C33H37F3N6O6S/c1-33(2,3)48-32(44)40-18-22(34)16-23(19-40)38-31-37-17-21-14-24(30(43)41(12-13-47-4)29(21)39-31)20-10-11-28(26(36)15-20)42(49(5,45)46)27-9-7-6-8-25(27)35/h6-11,14-15,17,22-23H,12-13,16,18-19H2,1-5H3,(H,37,38,39)/t22-,23-/m0/s1. The Labute approximate surface area is 281 Å². The molecule has 2 atom stereocenters. The second kappa shape index (κ2) is 14.0. The summed E-state index contributed by atoms with van der Waals surface area (Å²) in [4.78, 5) is 36.7. The molecule has 4 aromatic rings. The third kappa shape index (κ3) is 8.13. The Bertz CT molecular complexity index is 2040. The fraction of sp³-hybridized carbons (Fsp3) is 0.394. The molecule has 2 aromatic carbocycles. The Kier molecular flexibility index (Phi) is 10.2. The molecule has 0 spiro atoms. The summed E-state index contributed by atoms with van der Waals surface area (Å²) < 4.78 is 82.9. The van der Waals surface area contributed by atoms with Crippen LogP contribution in [0.2, 0.25) is 0 Å². The van der Waals surface area contributed by atoms with Crippen molar-refractivity contribution in [1.82, 2.24) is 19.4 Å². The molecule has 49 heavy (non-hydrogen) atoms. The van der Waals surface area contributed by atoms with E-state index in [1.54, 1.807) is 20.8 Å². The number of carbonyl (C=O) groups excluding carboxylic acids is 1. The topological polar surface area (TPSA) is 136 Å². The van der Waals surface area contributed by atoms with E-state index in [-0.39, 0.29) is 61.1 Å². The number of aromatic nitrogens is 3. The molecule has 1 fully saturated rings. The van der Waals surface area contributed by atoms with Crippen molar-refractivity contribution in [2.45, 2.75) is 51.6 Å². The zero-order chi connectivity index (χ0) is 35.7.